The van der Waals surface area contributed by atoms with Crippen molar-refractivity contribution in [3.05, 3.63) is 18.1 Å². The number of piperidine rings is 1. The molecule has 1 saturated heterocycles. The maximum absolute atomic E-state index is 4.58. The van der Waals surface area contributed by atoms with Crippen molar-refractivity contribution < 1.29 is 0 Å². The molecular weight excluding hydrogens is 224 g/mol. The summed E-state index contributed by atoms with van der Waals surface area (Å²) in [4.78, 5) is 9.10. The first-order valence-electron chi connectivity index (χ1n) is 7.21. The van der Waals surface area contributed by atoms with Gasteiger partial charge in [-0.25, -0.2) is 4.98 Å². The van der Waals surface area contributed by atoms with Gasteiger partial charge in [0.25, 0.3) is 0 Å². The Balaban J connectivity index is 1.60. The molecule has 0 bridgehead atoms. The Morgan fingerprint density at radius 2 is 1.94 bits per heavy atom. The lowest BCUT2D eigenvalue weighted by molar-refractivity contribution is 0.454. The van der Waals surface area contributed by atoms with E-state index < -0.39 is 0 Å². The van der Waals surface area contributed by atoms with Crippen LogP contribution in [0.25, 0.3) is 0 Å². The van der Waals surface area contributed by atoms with Crippen LogP contribution < -0.4 is 10.6 Å². The molecule has 4 heteroatoms. The fourth-order valence-electron chi connectivity index (χ4n) is 3.01. The molecule has 3 rings (SSSR count). The first kappa shape index (κ1) is 11.9. The molecule has 1 atom stereocenters. The SMILES string of the molecule is c1nc(C2CCCNC2)cnc1NC1CCCC1. The fourth-order valence-corrected chi connectivity index (χ4v) is 3.01. The first-order valence-corrected chi connectivity index (χ1v) is 7.21. The molecule has 1 unspecified atom stereocenters. The molecule has 2 N–H and O–H groups in total. The van der Waals surface area contributed by atoms with Gasteiger partial charge in [-0.2, -0.15) is 0 Å². The van der Waals surface area contributed by atoms with E-state index in [4.69, 9.17) is 0 Å². The summed E-state index contributed by atoms with van der Waals surface area (Å²) in [5, 5.41) is 6.91. The lowest BCUT2D eigenvalue weighted by Gasteiger charge is -2.22. The van der Waals surface area contributed by atoms with Crippen LogP contribution in [0.5, 0.6) is 0 Å². The van der Waals surface area contributed by atoms with Crippen LogP contribution in [0.2, 0.25) is 0 Å². The van der Waals surface area contributed by atoms with Gasteiger partial charge in [-0.3, -0.25) is 4.98 Å². The molecule has 1 aromatic heterocycles. The van der Waals surface area contributed by atoms with Crippen molar-refractivity contribution in [2.75, 3.05) is 18.4 Å². The second kappa shape index (κ2) is 5.65. The predicted molar refractivity (Wildman–Crippen MR) is 72.8 cm³/mol. The standard InChI is InChI=1S/C14H22N4/c1-2-6-12(5-1)18-14-10-16-13(9-17-14)11-4-3-7-15-8-11/h9-12,15H,1-8H2,(H,17,18). The molecule has 98 valence electrons. The number of aromatic nitrogens is 2. The molecule has 0 spiro atoms. The van der Waals surface area contributed by atoms with E-state index in [-0.39, 0.29) is 0 Å². The maximum Gasteiger partial charge on any atom is 0.144 e. The zero-order valence-electron chi connectivity index (χ0n) is 10.9. The third kappa shape index (κ3) is 2.80. The largest absolute Gasteiger partial charge is 0.366 e. The van der Waals surface area contributed by atoms with E-state index >= 15 is 0 Å². The Morgan fingerprint density at radius 3 is 2.61 bits per heavy atom. The summed E-state index contributed by atoms with van der Waals surface area (Å²) in [5.41, 5.74) is 1.14. The van der Waals surface area contributed by atoms with Gasteiger partial charge in [-0.05, 0) is 32.2 Å². The number of hydrogen-bond donors (Lipinski definition) is 2. The summed E-state index contributed by atoms with van der Waals surface area (Å²) in [6, 6.07) is 0.612. The third-order valence-electron chi connectivity index (χ3n) is 4.09. The van der Waals surface area contributed by atoms with Crippen LogP contribution >= 0.6 is 0 Å². The van der Waals surface area contributed by atoms with E-state index in [1.165, 1.54) is 38.5 Å². The summed E-state index contributed by atoms with van der Waals surface area (Å²) >= 11 is 0. The van der Waals surface area contributed by atoms with Crippen molar-refractivity contribution in [2.45, 2.75) is 50.5 Å². The number of anilines is 1. The lowest BCUT2D eigenvalue weighted by Crippen LogP contribution is -2.29. The van der Waals surface area contributed by atoms with Crippen LogP contribution in [0.15, 0.2) is 12.4 Å². The van der Waals surface area contributed by atoms with E-state index in [2.05, 4.69) is 20.6 Å². The monoisotopic (exact) mass is 246 g/mol. The van der Waals surface area contributed by atoms with Crippen molar-refractivity contribution in [2.24, 2.45) is 0 Å². The molecule has 2 aliphatic rings. The summed E-state index contributed by atoms with van der Waals surface area (Å²) in [6.45, 7) is 2.19. The molecule has 1 aromatic rings. The third-order valence-corrected chi connectivity index (χ3v) is 4.09. The number of nitrogens with zero attached hydrogens (tertiary/aromatic N) is 2. The number of nitrogens with one attached hydrogen (secondary N) is 2. The molecule has 0 radical (unpaired) electrons. The minimum atomic E-state index is 0.548. The van der Waals surface area contributed by atoms with Crippen LogP contribution in [0.3, 0.4) is 0 Å². The van der Waals surface area contributed by atoms with Gasteiger partial charge in [0.15, 0.2) is 0 Å². The van der Waals surface area contributed by atoms with Crippen LogP contribution in [0.1, 0.15) is 50.1 Å². The van der Waals surface area contributed by atoms with E-state index in [1.807, 2.05) is 12.4 Å². The average Bonchev–Trinajstić information content (AvgIpc) is 2.94. The molecule has 1 aliphatic heterocycles. The smallest absolute Gasteiger partial charge is 0.144 e. The van der Waals surface area contributed by atoms with Gasteiger partial charge in [-0.1, -0.05) is 12.8 Å². The van der Waals surface area contributed by atoms with Crippen LogP contribution in [-0.2, 0) is 0 Å². The van der Waals surface area contributed by atoms with Crippen molar-refractivity contribution >= 4 is 5.82 Å². The highest BCUT2D eigenvalue weighted by atomic mass is 15.0. The van der Waals surface area contributed by atoms with Gasteiger partial charge in [0.1, 0.15) is 5.82 Å². The molecule has 2 fully saturated rings. The van der Waals surface area contributed by atoms with Crippen molar-refractivity contribution in [3.8, 4) is 0 Å². The molecule has 2 heterocycles. The molecular formula is C14H22N4. The minimum absolute atomic E-state index is 0.548. The van der Waals surface area contributed by atoms with Gasteiger partial charge in [0, 0.05) is 18.5 Å². The lowest BCUT2D eigenvalue weighted by atomic mass is 9.97. The zero-order chi connectivity index (χ0) is 12.2. The Kier molecular flexibility index (Phi) is 3.74. The van der Waals surface area contributed by atoms with Gasteiger partial charge in [0.05, 0.1) is 18.1 Å². The Labute approximate surface area is 109 Å². The molecule has 18 heavy (non-hydrogen) atoms. The maximum atomic E-state index is 4.58. The van der Waals surface area contributed by atoms with E-state index in [1.54, 1.807) is 0 Å². The van der Waals surface area contributed by atoms with Crippen molar-refractivity contribution in [3.63, 3.8) is 0 Å². The van der Waals surface area contributed by atoms with E-state index in [0.717, 1.165) is 24.6 Å². The summed E-state index contributed by atoms with van der Waals surface area (Å²) < 4.78 is 0. The van der Waals surface area contributed by atoms with Crippen LogP contribution in [-0.4, -0.2) is 29.1 Å². The second-order valence-electron chi connectivity index (χ2n) is 5.50. The molecule has 1 aliphatic carbocycles. The van der Waals surface area contributed by atoms with Crippen LogP contribution in [0, 0.1) is 0 Å². The fraction of sp³-hybridized carbons (Fsp3) is 0.714. The van der Waals surface area contributed by atoms with Gasteiger partial charge in [-0.15, -0.1) is 0 Å². The van der Waals surface area contributed by atoms with Crippen molar-refractivity contribution in [1.82, 2.24) is 15.3 Å². The van der Waals surface area contributed by atoms with Crippen LogP contribution in [0.4, 0.5) is 5.82 Å². The highest BCUT2D eigenvalue weighted by Crippen LogP contribution is 2.23. The number of rotatable bonds is 3. The molecule has 0 amide bonds. The first-order chi connectivity index (χ1) is 8.92. The van der Waals surface area contributed by atoms with Gasteiger partial charge in [0.2, 0.25) is 0 Å². The summed E-state index contributed by atoms with van der Waals surface area (Å²) in [7, 11) is 0. The minimum Gasteiger partial charge on any atom is -0.366 e. The van der Waals surface area contributed by atoms with Gasteiger partial charge >= 0.3 is 0 Å². The highest BCUT2D eigenvalue weighted by Gasteiger charge is 2.18. The Morgan fingerprint density at radius 1 is 1.06 bits per heavy atom. The quantitative estimate of drug-likeness (QED) is 0.859. The molecule has 1 saturated carbocycles. The number of hydrogen-bond acceptors (Lipinski definition) is 4. The molecule has 4 nitrogen and oxygen atoms in total. The molecule has 0 aromatic carbocycles. The zero-order valence-corrected chi connectivity index (χ0v) is 10.9. The summed E-state index contributed by atoms with van der Waals surface area (Å²) in [6.07, 6.45) is 11.6. The normalized spacial score (nSPS) is 25.2. The second-order valence-corrected chi connectivity index (χ2v) is 5.50. The average molecular weight is 246 g/mol. The summed E-state index contributed by atoms with van der Waals surface area (Å²) in [5.74, 6) is 1.49. The van der Waals surface area contributed by atoms with Gasteiger partial charge < -0.3 is 10.6 Å². The Bertz CT molecular complexity index is 364. The predicted octanol–water partition coefficient (Wildman–Crippen LogP) is 2.30. The van der Waals surface area contributed by atoms with Crippen molar-refractivity contribution in [1.29, 1.82) is 0 Å². The highest BCUT2D eigenvalue weighted by molar-refractivity contribution is 5.33. The Hall–Kier alpha value is -1.16. The topological polar surface area (TPSA) is 49.8 Å². The van der Waals surface area contributed by atoms with E-state index in [0.29, 0.717) is 12.0 Å². The van der Waals surface area contributed by atoms with E-state index in [9.17, 15) is 0 Å².